The molecule has 0 aromatic carbocycles. The fraction of sp³-hybridized carbons (Fsp3) is 0.857. The molecule has 68 valence electrons. The molecule has 0 spiro atoms. The van der Waals surface area contributed by atoms with Crippen LogP contribution in [0.15, 0.2) is 0 Å². The Hall–Kier alpha value is 0.0700. The number of carbonyl (C=O) groups excluding carboxylic acids is 1. The second-order valence-electron chi connectivity index (χ2n) is 3.07. The van der Waals surface area contributed by atoms with Crippen molar-refractivity contribution in [1.29, 1.82) is 0 Å². The second-order valence-corrected chi connectivity index (χ2v) is 4.63. The Morgan fingerprint density at radius 3 is 3.25 bits per heavy atom. The van der Waals surface area contributed by atoms with Crippen molar-refractivity contribution in [2.75, 3.05) is 11.6 Å². The quantitative estimate of drug-likeness (QED) is 0.600. The van der Waals surface area contributed by atoms with Crippen LogP contribution in [0.5, 0.6) is 0 Å². The Bertz CT molecular complexity index is 202. The van der Waals surface area contributed by atoms with Crippen LogP contribution in [0.2, 0.25) is 0 Å². The number of fused-ring (bicyclic) bond motifs is 1. The SMILES string of the molecule is O=C1NC(CCl)NC2CCSC12. The van der Waals surface area contributed by atoms with Crippen LogP contribution < -0.4 is 10.6 Å². The first kappa shape index (κ1) is 8.66. The lowest BCUT2D eigenvalue weighted by molar-refractivity contribution is -0.123. The molecule has 2 saturated heterocycles. The van der Waals surface area contributed by atoms with Gasteiger partial charge in [-0.25, -0.2) is 0 Å². The first-order valence-electron chi connectivity index (χ1n) is 4.05. The molecule has 3 atom stereocenters. The van der Waals surface area contributed by atoms with Gasteiger partial charge in [-0.15, -0.1) is 23.4 Å². The zero-order valence-electron chi connectivity index (χ0n) is 6.55. The number of hydrogen-bond acceptors (Lipinski definition) is 3. The largest absolute Gasteiger partial charge is 0.339 e. The zero-order valence-corrected chi connectivity index (χ0v) is 8.12. The second kappa shape index (κ2) is 3.44. The number of carbonyl (C=O) groups is 1. The molecular formula is C7H11ClN2OS. The van der Waals surface area contributed by atoms with Crippen LogP contribution in [0.1, 0.15) is 6.42 Å². The van der Waals surface area contributed by atoms with E-state index in [1.54, 1.807) is 11.8 Å². The highest BCUT2D eigenvalue weighted by Gasteiger charge is 2.39. The average molecular weight is 207 g/mol. The van der Waals surface area contributed by atoms with Crippen LogP contribution >= 0.6 is 23.4 Å². The molecule has 2 heterocycles. The Morgan fingerprint density at radius 2 is 2.50 bits per heavy atom. The predicted molar refractivity (Wildman–Crippen MR) is 50.4 cm³/mol. The van der Waals surface area contributed by atoms with Gasteiger partial charge in [-0.3, -0.25) is 10.1 Å². The Balaban J connectivity index is 2.05. The van der Waals surface area contributed by atoms with Crippen LogP contribution in [0.3, 0.4) is 0 Å². The monoisotopic (exact) mass is 206 g/mol. The summed E-state index contributed by atoms with van der Waals surface area (Å²) < 4.78 is 0. The summed E-state index contributed by atoms with van der Waals surface area (Å²) in [4.78, 5) is 11.4. The standard InChI is InChI=1S/C7H11ClN2OS/c8-3-5-9-4-1-2-12-6(4)7(11)10-5/h4-6,9H,1-3H2,(H,10,11). The minimum atomic E-state index is -0.0286. The fourth-order valence-corrected chi connectivity index (χ4v) is 3.13. The number of rotatable bonds is 1. The lowest BCUT2D eigenvalue weighted by atomic mass is 10.1. The van der Waals surface area contributed by atoms with Crippen molar-refractivity contribution in [1.82, 2.24) is 10.6 Å². The molecule has 1 amide bonds. The molecule has 0 bridgehead atoms. The van der Waals surface area contributed by atoms with E-state index >= 15 is 0 Å². The molecular weight excluding hydrogens is 196 g/mol. The van der Waals surface area contributed by atoms with Gasteiger partial charge in [-0.1, -0.05) is 0 Å². The summed E-state index contributed by atoms with van der Waals surface area (Å²) in [5.41, 5.74) is 0. The smallest absolute Gasteiger partial charge is 0.235 e. The van der Waals surface area contributed by atoms with E-state index in [2.05, 4.69) is 10.6 Å². The molecule has 0 saturated carbocycles. The van der Waals surface area contributed by atoms with Crippen LogP contribution in [0.25, 0.3) is 0 Å². The summed E-state index contributed by atoms with van der Waals surface area (Å²) >= 11 is 7.38. The van der Waals surface area contributed by atoms with Crippen molar-refractivity contribution in [2.24, 2.45) is 0 Å². The van der Waals surface area contributed by atoms with E-state index in [4.69, 9.17) is 11.6 Å². The van der Waals surface area contributed by atoms with Crippen molar-refractivity contribution < 1.29 is 4.79 Å². The van der Waals surface area contributed by atoms with Crippen LogP contribution in [0, 0.1) is 0 Å². The minimum Gasteiger partial charge on any atom is -0.339 e. The first-order chi connectivity index (χ1) is 5.81. The van der Waals surface area contributed by atoms with Gasteiger partial charge in [0.15, 0.2) is 0 Å². The summed E-state index contributed by atoms with van der Waals surface area (Å²) in [7, 11) is 0. The van der Waals surface area contributed by atoms with Crippen molar-refractivity contribution >= 4 is 29.3 Å². The van der Waals surface area contributed by atoms with Crippen molar-refractivity contribution in [3.05, 3.63) is 0 Å². The van der Waals surface area contributed by atoms with E-state index in [9.17, 15) is 4.79 Å². The Kier molecular flexibility index (Phi) is 2.48. The Labute approximate surface area is 80.6 Å². The number of amides is 1. The van der Waals surface area contributed by atoms with E-state index in [0.29, 0.717) is 11.9 Å². The molecule has 0 radical (unpaired) electrons. The number of hydrogen-bond donors (Lipinski definition) is 2. The third kappa shape index (κ3) is 1.43. The highest BCUT2D eigenvalue weighted by atomic mass is 35.5. The maximum Gasteiger partial charge on any atom is 0.235 e. The van der Waals surface area contributed by atoms with Gasteiger partial charge in [0, 0.05) is 6.04 Å². The van der Waals surface area contributed by atoms with Crippen LogP contribution in [-0.2, 0) is 4.79 Å². The molecule has 0 aromatic heterocycles. The Morgan fingerprint density at radius 1 is 1.67 bits per heavy atom. The van der Waals surface area contributed by atoms with Crippen LogP contribution in [0.4, 0.5) is 0 Å². The molecule has 0 aliphatic carbocycles. The molecule has 2 aliphatic heterocycles. The van der Waals surface area contributed by atoms with E-state index < -0.39 is 0 Å². The van der Waals surface area contributed by atoms with E-state index in [0.717, 1.165) is 12.2 Å². The zero-order chi connectivity index (χ0) is 8.55. The van der Waals surface area contributed by atoms with Gasteiger partial charge >= 0.3 is 0 Å². The predicted octanol–water partition coefficient (Wildman–Crippen LogP) is 0.145. The maximum atomic E-state index is 11.4. The van der Waals surface area contributed by atoms with Gasteiger partial charge in [0.25, 0.3) is 0 Å². The fourth-order valence-electron chi connectivity index (χ4n) is 1.66. The van der Waals surface area contributed by atoms with Gasteiger partial charge in [-0.05, 0) is 12.2 Å². The number of thioether (sulfide) groups is 1. The van der Waals surface area contributed by atoms with E-state index in [1.165, 1.54) is 0 Å². The highest BCUT2D eigenvalue weighted by Crippen LogP contribution is 2.29. The molecule has 2 N–H and O–H groups in total. The number of alkyl halides is 1. The normalized spacial score (nSPS) is 40.8. The average Bonchev–Trinajstić information content (AvgIpc) is 2.52. The number of nitrogens with one attached hydrogen (secondary N) is 2. The molecule has 2 fully saturated rings. The molecule has 2 aliphatic rings. The summed E-state index contributed by atoms with van der Waals surface area (Å²) in [6.07, 6.45) is 1.05. The van der Waals surface area contributed by atoms with Crippen molar-refractivity contribution in [3.8, 4) is 0 Å². The van der Waals surface area contributed by atoms with Gasteiger partial charge in [-0.2, -0.15) is 0 Å². The lowest BCUT2D eigenvalue weighted by Crippen LogP contribution is -2.62. The minimum absolute atomic E-state index is 0.0286. The maximum absolute atomic E-state index is 11.4. The number of halogens is 1. The molecule has 2 rings (SSSR count). The third-order valence-corrected chi connectivity index (χ3v) is 3.92. The summed E-state index contributed by atoms with van der Waals surface area (Å²) in [5.74, 6) is 1.66. The summed E-state index contributed by atoms with van der Waals surface area (Å²) in [6.45, 7) is 0. The molecule has 3 unspecified atom stereocenters. The van der Waals surface area contributed by atoms with E-state index in [1.807, 2.05) is 0 Å². The highest BCUT2D eigenvalue weighted by molar-refractivity contribution is 8.00. The topological polar surface area (TPSA) is 41.1 Å². The summed E-state index contributed by atoms with van der Waals surface area (Å²) in [5, 5.41) is 6.26. The summed E-state index contributed by atoms with van der Waals surface area (Å²) in [6, 6.07) is 0.340. The van der Waals surface area contributed by atoms with E-state index in [-0.39, 0.29) is 17.3 Å². The molecule has 5 heteroatoms. The van der Waals surface area contributed by atoms with Crippen LogP contribution in [-0.4, -0.2) is 35.0 Å². The third-order valence-electron chi connectivity index (χ3n) is 2.24. The van der Waals surface area contributed by atoms with Gasteiger partial charge in [0.1, 0.15) is 0 Å². The lowest BCUT2D eigenvalue weighted by Gasteiger charge is -2.31. The van der Waals surface area contributed by atoms with Crippen molar-refractivity contribution in [2.45, 2.75) is 23.9 Å². The first-order valence-corrected chi connectivity index (χ1v) is 5.63. The van der Waals surface area contributed by atoms with Gasteiger partial charge < -0.3 is 5.32 Å². The molecule has 12 heavy (non-hydrogen) atoms. The van der Waals surface area contributed by atoms with Gasteiger partial charge in [0.2, 0.25) is 5.91 Å². The van der Waals surface area contributed by atoms with Crippen molar-refractivity contribution in [3.63, 3.8) is 0 Å². The van der Waals surface area contributed by atoms with Gasteiger partial charge in [0.05, 0.1) is 17.3 Å². The molecule has 3 nitrogen and oxygen atoms in total. The molecule has 0 aromatic rings.